The molecule has 0 spiro atoms. The van der Waals surface area contributed by atoms with Crippen molar-refractivity contribution < 1.29 is 0 Å². The van der Waals surface area contributed by atoms with Gasteiger partial charge in [-0.05, 0) is 37.3 Å². The average Bonchev–Trinajstić information content (AvgIpc) is 3.09. The summed E-state index contributed by atoms with van der Waals surface area (Å²) in [4.78, 5) is 0. The summed E-state index contributed by atoms with van der Waals surface area (Å²) in [5.41, 5.74) is 6.89. The molecule has 0 saturated heterocycles. The van der Waals surface area contributed by atoms with Gasteiger partial charge >= 0.3 is 0 Å². The fourth-order valence-electron chi connectivity index (χ4n) is 2.33. The highest BCUT2D eigenvalue weighted by Gasteiger charge is 2.20. The van der Waals surface area contributed by atoms with Gasteiger partial charge < -0.3 is 5.73 Å². The molecular weight excluding hydrogens is 193 g/mol. The molecular formula is C14H26BN. The minimum atomic E-state index is 0.816. The van der Waals surface area contributed by atoms with Crippen LogP contribution in [0.1, 0.15) is 51.4 Å². The molecule has 1 saturated carbocycles. The van der Waals surface area contributed by atoms with Crippen LogP contribution in [0.2, 0.25) is 0 Å². The highest BCUT2D eigenvalue weighted by molar-refractivity contribution is 6.21. The van der Waals surface area contributed by atoms with Crippen LogP contribution in [0.3, 0.4) is 0 Å². The number of rotatable bonds is 9. The van der Waals surface area contributed by atoms with Gasteiger partial charge in [0.15, 0.2) is 0 Å². The van der Waals surface area contributed by atoms with Crippen LogP contribution in [0.25, 0.3) is 0 Å². The van der Waals surface area contributed by atoms with Crippen molar-refractivity contribution in [1.82, 2.24) is 0 Å². The molecule has 16 heavy (non-hydrogen) atoms. The Bertz CT molecular complexity index is 231. The Morgan fingerprint density at radius 3 is 2.75 bits per heavy atom. The van der Waals surface area contributed by atoms with Crippen LogP contribution >= 0.6 is 0 Å². The third-order valence-electron chi connectivity index (χ3n) is 3.60. The molecule has 0 heterocycles. The maximum absolute atomic E-state index is 5.55. The van der Waals surface area contributed by atoms with Crippen LogP contribution in [0, 0.1) is 11.8 Å². The van der Waals surface area contributed by atoms with Crippen molar-refractivity contribution in [3.63, 3.8) is 0 Å². The van der Waals surface area contributed by atoms with Gasteiger partial charge in [0, 0.05) is 0 Å². The maximum Gasteiger partial charge on any atom is 0.135 e. The lowest BCUT2D eigenvalue weighted by atomic mass is 9.82. The molecule has 2 N–H and O–H groups in total. The first kappa shape index (κ1) is 13.4. The van der Waals surface area contributed by atoms with Crippen LogP contribution in [-0.4, -0.2) is 7.85 Å². The Hall–Kier alpha value is -0.655. The zero-order valence-electron chi connectivity index (χ0n) is 10.8. The first-order chi connectivity index (χ1) is 7.76. The normalized spacial score (nSPS) is 18.4. The van der Waals surface area contributed by atoms with Crippen molar-refractivity contribution in [2.75, 3.05) is 0 Å². The summed E-state index contributed by atoms with van der Waals surface area (Å²) in [6, 6.07) is 0. The van der Waals surface area contributed by atoms with E-state index in [-0.39, 0.29) is 0 Å². The monoisotopic (exact) mass is 219 g/mol. The molecule has 1 nitrogen and oxygen atoms in total. The lowest BCUT2D eigenvalue weighted by molar-refractivity contribution is 0.427. The maximum atomic E-state index is 5.55. The molecule has 0 aromatic heterocycles. The molecule has 0 radical (unpaired) electrons. The second-order valence-electron chi connectivity index (χ2n) is 5.32. The Morgan fingerprint density at radius 1 is 1.44 bits per heavy atom. The average molecular weight is 219 g/mol. The van der Waals surface area contributed by atoms with Crippen molar-refractivity contribution in [1.29, 1.82) is 0 Å². The van der Waals surface area contributed by atoms with Gasteiger partial charge in [-0.3, -0.25) is 0 Å². The van der Waals surface area contributed by atoms with Crippen LogP contribution in [-0.2, 0) is 0 Å². The fraction of sp³-hybridized carbons (Fsp3) is 0.714. The minimum Gasteiger partial charge on any atom is -0.405 e. The second-order valence-corrected chi connectivity index (χ2v) is 5.32. The van der Waals surface area contributed by atoms with E-state index in [0.29, 0.717) is 0 Å². The summed E-state index contributed by atoms with van der Waals surface area (Å²) in [6.07, 6.45) is 14.6. The van der Waals surface area contributed by atoms with E-state index in [9.17, 15) is 0 Å². The third-order valence-corrected chi connectivity index (χ3v) is 3.60. The lowest BCUT2D eigenvalue weighted by Crippen LogP contribution is -2.04. The molecule has 0 amide bonds. The number of allylic oxidation sites excluding steroid dienone is 2. The van der Waals surface area contributed by atoms with Crippen molar-refractivity contribution >= 4 is 7.85 Å². The predicted octanol–water partition coefficient (Wildman–Crippen LogP) is 2.97. The molecule has 1 aliphatic rings. The molecule has 1 aliphatic carbocycles. The van der Waals surface area contributed by atoms with E-state index < -0.39 is 0 Å². The lowest BCUT2D eigenvalue weighted by Gasteiger charge is -2.16. The first-order valence-electron chi connectivity index (χ1n) is 6.74. The SMILES string of the molecule is B/C(=C\N)CC(CCC=C)CCCC1CC1. The summed E-state index contributed by atoms with van der Waals surface area (Å²) in [5, 5.41) is 0. The Balaban J connectivity index is 2.20. The largest absolute Gasteiger partial charge is 0.405 e. The molecule has 1 rings (SSSR count). The van der Waals surface area contributed by atoms with E-state index in [4.69, 9.17) is 5.73 Å². The van der Waals surface area contributed by atoms with E-state index in [1.165, 1.54) is 50.4 Å². The van der Waals surface area contributed by atoms with Crippen LogP contribution < -0.4 is 5.73 Å². The molecule has 90 valence electrons. The molecule has 2 heteroatoms. The van der Waals surface area contributed by atoms with Crippen LogP contribution in [0.15, 0.2) is 24.3 Å². The quantitative estimate of drug-likeness (QED) is 0.468. The van der Waals surface area contributed by atoms with Gasteiger partial charge in [0.1, 0.15) is 7.85 Å². The first-order valence-corrected chi connectivity index (χ1v) is 6.74. The van der Waals surface area contributed by atoms with E-state index in [1.807, 2.05) is 6.08 Å². The van der Waals surface area contributed by atoms with Gasteiger partial charge in [0.25, 0.3) is 0 Å². The van der Waals surface area contributed by atoms with Crippen molar-refractivity contribution in [2.24, 2.45) is 17.6 Å². The van der Waals surface area contributed by atoms with Crippen molar-refractivity contribution in [3.05, 3.63) is 24.3 Å². The van der Waals surface area contributed by atoms with E-state index >= 15 is 0 Å². The van der Waals surface area contributed by atoms with Gasteiger partial charge in [-0.2, -0.15) is 0 Å². The smallest absolute Gasteiger partial charge is 0.135 e. The molecule has 0 aromatic carbocycles. The number of nitrogens with two attached hydrogens (primary N) is 1. The van der Waals surface area contributed by atoms with E-state index in [0.717, 1.165) is 18.3 Å². The molecule has 0 bridgehead atoms. The highest BCUT2D eigenvalue weighted by Crippen LogP contribution is 2.35. The fourth-order valence-corrected chi connectivity index (χ4v) is 2.33. The van der Waals surface area contributed by atoms with E-state index in [2.05, 4.69) is 14.4 Å². The Labute approximate surface area is 102 Å². The van der Waals surface area contributed by atoms with Crippen molar-refractivity contribution in [2.45, 2.75) is 51.4 Å². The summed E-state index contributed by atoms with van der Waals surface area (Å²) in [6.45, 7) is 3.81. The molecule has 1 atom stereocenters. The molecule has 1 fully saturated rings. The zero-order chi connectivity index (χ0) is 11.8. The van der Waals surface area contributed by atoms with Gasteiger partial charge in [-0.25, -0.2) is 0 Å². The summed E-state index contributed by atoms with van der Waals surface area (Å²) >= 11 is 0. The predicted molar refractivity (Wildman–Crippen MR) is 74.9 cm³/mol. The van der Waals surface area contributed by atoms with Crippen LogP contribution in [0.4, 0.5) is 0 Å². The molecule has 1 unspecified atom stereocenters. The second kappa shape index (κ2) is 7.59. The highest BCUT2D eigenvalue weighted by atomic mass is 14.5. The summed E-state index contributed by atoms with van der Waals surface area (Å²) in [7, 11) is 2.14. The standard InChI is InChI=1S/C14H26BN/c1-2-3-5-13(10-14(15)11-16)7-4-6-12-8-9-12/h2,11-13H,1,3-10,15-16H2/b14-11-. The third kappa shape index (κ3) is 6.04. The Kier molecular flexibility index (Phi) is 6.36. The van der Waals surface area contributed by atoms with Gasteiger partial charge in [0.2, 0.25) is 0 Å². The summed E-state index contributed by atoms with van der Waals surface area (Å²) in [5.74, 6) is 1.89. The summed E-state index contributed by atoms with van der Waals surface area (Å²) < 4.78 is 0. The van der Waals surface area contributed by atoms with Crippen LogP contribution in [0.5, 0.6) is 0 Å². The van der Waals surface area contributed by atoms with Gasteiger partial charge in [-0.15, -0.1) is 6.58 Å². The molecule has 0 aromatic rings. The zero-order valence-corrected chi connectivity index (χ0v) is 10.8. The van der Waals surface area contributed by atoms with Gasteiger partial charge in [-0.1, -0.05) is 43.7 Å². The Morgan fingerprint density at radius 2 is 2.19 bits per heavy atom. The number of hydrogen-bond donors (Lipinski definition) is 1. The van der Waals surface area contributed by atoms with Gasteiger partial charge in [0.05, 0.1) is 0 Å². The number of hydrogen-bond acceptors (Lipinski definition) is 1. The minimum absolute atomic E-state index is 0.816. The van der Waals surface area contributed by atoms with Crippen molar-refractivity contribution in [3.8, 4) is 0 Å². The topological polar surface area (TPSA) is 26.0 Å². The molecule has 0 aliphatic heterocycles. The van der Waals surface area contributed by atoms with E-state index in [1.54, 1.807) is 6.20 Å².